The zero-order valence-electron chi connectivity index (χ0n) is 16.2. The number of para-hydroxylation sites is 1. The molecule has 28 heavy (non-hydrogen) atoms. The van der Waals surface area contributed by atoms with Crippen LogP contribution in [0.2, 0.25) is 0 Å². The Morgan fingerprint density at radius 2 is 1.71 bits per heavy atom. The van der Waals surface area contributed by atoms with E-state index >= 15 is 0 Å². The lowest BCUT2D eigenvalue weighted by Crippen LogP contribution is -2.27. The topological polar surface area (TPSA) is 58.2 Å². The van der Waals surface area contributed by atoms with E-state index in [9.17, 15) is 9.59 Å². The molecule has 4 heteroatoms. The maximum absolute atomic E-state index is 12.6. The second-order valence-corrected chi connectivity index (χ2v) is 8.22. The summed E-state index contributed by atoms with van der Waals surface area (Å²) in [5, 5.41) is 5.95. The van der Waals surface area contributed by atoms with Gasteiger partial charge < -0.3 is 10.6 Å². The number of rotatable bonds is 7. The third-order valence-corrected chi connectivity index (χ3v) is 6.32. The highest BCUT2D eigenvalue weighted by molar-refractivity contribution is 6.03. The summed E-state index contributed by atoms with van der Waals surface area (Å²) in [4.78, 5) is 25.2. The summed E-state index contributed by atoms with van der Waals surface area (Å²) >= 11 is 0. The Morgan fingerprint density at radius 1 is 0.929 bits per heavy atom. The van der Waals surface area contributed by atoms with Crippen molar-refractivity contribution in [3.8, 4) is 0 Å². The van der Waals surface area contributed by atoms with E-state index in [4.69, 9.17) is 0 Å². The minimum Gasteiger partial charge on any atom is -0.352 e. The van der Waals surface area contributed by atoms with E-state index in [1.807, 2.05) is 36.4 Å². The fourth-order valence-electron chi connectivity index (χ4n) is 4.92. The smallest absolute Gasteiger partial charge is 0.253 e. The van der Waals surface area contributed by atoms with Gasteiger partial charge in [0.2, 0.25) is 5.91 Å². The molecule has 0 spiro atoms. The highest BCUT2D eigenvalue weighted by atomic mass is 16.2. The molecule has 0 aliphatic heterocycles. The van der Waals surface area contributed by atoms with E-state index in [2.05, 4.69) is 22.8 Å². The van der Waals surface area contributed by atoms with Gasteiger partial charge in [-0.15, -0.1) is 0 Å². The maximum atomic E-state index is 12.6. The Bertz CT molecular complexity index is 834. The Balaban J connectivity index is 1.32. The van der Waals surface area contributed by atoms with Crippen LogP contribution in [-0.4, -0.2) is 18.4 Å². The Kier molecular flexibility index (Phi) is 5.75. The van der Waals surface area contributed by atoms with Gasteiger partial charge in [-0.1, -0.05) is 48.9 Å². The van der Waals surface area contributed by atoms with Crippen LogP contribution in [-0.2, 0) is 11.2 Å². The molecule has 2 saturated carbocycles. The first-order valence-corrected chi connectivity index (χ1v) is 10.4. The van der Waals surface area contributed by atoms with Gasteiger partial charge in [0.1, 0.15) is 0 Å². The van der Waals surface area contributed by atoms with Gasteiger partial charge in [0.25, 0.3) is 5.91 Å². The van der Waals surface area contributed by atoms with Crippen LogP contribution in [0.25, 0.3) is 0 Å². The highest BCUT2D eigenvalue weighted by Crippen LogP contribution is 2.49. The first kappa shape index (κ1) is 18.7. The van der Waals surface area contributed by atoms with Gasteiger partial charge in [0.15, 0.2) is 0 Å². The summed E-state index contributed by atoms with van der Waals surface area (Å²) in [7, 11) is 0. The summed E-state index contributed by atoms with van der Waals surface area (Å²) in [6.45, 7) is 0.566. The summed E-state index contributed by atoms with van der Waals surface area (Å²) in [6.07, 6.45) is 6.48. The molecule has 146 valence electrons. The second-order valence-electron chi connectivity index (χ2n) is 8.22. The van der Waals surface area contributed by atoms with Gasteiger partial charge in [0.05, 0.1) is 11.3 Å². The molecule has 2 aliphatic rings. The van der Waals surface area contributed by atoms with Crippen LogP contribution in [0.15, 0.2) is 54.6 Å². The number of hydrogen-bond acceptors (Lipinski definition) is 2. The number of hydrogen-bond donors (Lipinski definition) is 2. The normalized spacial score (nSPS) is 22.8. The molecule has 0 saturated heterocycles. The highest BCUT2D eigenvalue weighted by Gasteiger charge is 2.40. The first-order valence-electron chi connectivity index (χ1n) is 10.4. The summed E-state index contributed by atoms with van der Waals surface area (Å²) in [5.74, 6) is 1.97. The molecular formula is C24H28N2O2. The molecule has 4 rings (SSSR count). The largest absolute Gasteiger partial charge is 0.352 e. The minimum atomic E-state index is -0.147. The fraction of sp³-hybridized carbons (Fsp3) is 0.417. The number of anilines is 1. The van der Waals surface area contributed by atoms with Crippen LogP contribution in [0.3, 0.4) is 0 Å². The van der Waals surface area contributed by atoms with Crippen LogP contribution in [0.4, 0.5) is 5.69 Å². The van der Waals surface area contributed by atoms with Crippen LogP contribution < -0.4 is 10.6 Å². The van der Waals surface area contributed by atoms with Crippen LogP contribution in [0, 0.1) is 17.8 Å². The minimum absolute atomic E-state index is 0.0297. The lowest BCUT2D eigenvalue weighted by atomic mass is 9.86. The number of amides is 2. The van der Waals surface area contributed by atoms with Crippen molar-refractivity contribution in [1.29, 1.82) is 0 Å². The number of fused-ring (bicyclic) bond motifs is 2. The standard InChI is InChI=1S/C24H28N2O2/c27-23(16-20-15-18-10-11-19(20)14-18)26-22-9-5-4-8-21(22)24(28)25-13-12-17-6-2-1-3-7-17/h1-9,18-20H,10-16H2,(H,25,28)(H,26,27)/t18-,19-,20-/m0/s1. The summed E-state index contributed by atoms with van der Waals surface area (Å²) in [5.41, 5.74) is 2.32. The predicted molar refractivity (Wildman–Crippen MR) is 111 cm³/mol. The molecule has 3 atom stereocenters. The second kappa shape index (κ2) is 8.59. The fourth-order valence-corrected chi connectivity index (χ4v) is 4.92. The van der Waals surface area contributed by atoms with E-state index in [1.165, 1.54) is 31.2 Å². The van der Waals surface area contributed by atoms with Gasteiger partial charge in [-0.3, -0.25) is 9.59 Å². The van der Waals surface area contributed by atoms with Crippen molar-refractivity contribution in [3.63, 3.8) is 0 Å². The van der Waals surface area contributed by atoms with E-state index in [1.54, 1.807) is 6.07 Å². The molecular weight excluding hydrogens is 348 g/mol. The van der Waals surface area contributed by atoms with Crippen LogP contribution in [0.1, 0.15) is 48.0 Å². The average Bonchev–Trinajstić information content (AvgIpc) is 3.32. The SMILES string of the molecule is O=C(C[C@@H]1C[C@H]2CC[C@H]1C2)Nc1ccccc1C(=O)NCCc1ccccc1. The first-order chi connectivity index (χ1) is 13.7. The zero-order chi connectivity index (χ0) is 19.3. The molecule has 0 unspecified atom stereocenters. The Labute approximate surface area is 166 Å². The van der Waals surface area contributed by atoms with Gasteiger partial charge in [0, 0.05) is 13.0 Å². The molecule has 0 heterocycles. The monoisotopic (exact) mass is 376 g/mol. The molecule has 2 N–H and O–H groups in total. The van der Waals surface area contributed by atoms with Gasteiger partial charge in [-0.2, -0.15) is 0 Å². The van der Waals surface area contributed by atoms with Crippen molar-refractivity contribution in [3.05, 3.63) is 65.7 Å². The molecule has 4 nitrogen and oxygen atoms in total. The van der Waals surface area contributed by atoms with Crippen LogP contribution in [0.5, 0.6) is 0 Å². The van der Waals surface area contributed by atoms with E-state index < -0.39 is 0 Å². The third-order valence-electron chi connectivity index (χ3n) is 6.32. The van der Waals surface area contributed by atoms with E-state index in [0.717, 1.165) is 18.3 Å². The molecule has 2 aliphatic carbocycles. The van der Waals surface area contributed by atoms with Crippen LogP contribution >= 0.6 is 0 Å². The van der Waals surface area contributed by atoms with E-state index in [0.29, 0.717) is 30.1 Å². The maximum Gasteiger partial charge on any atom is 0.253 e. The van der Waals surface area contributed by atoms with Crippen molar-refractivity contribution >= 4 is 17.5 Å². The molecule has 2 amide bonds. The van der Waals surface area contributed by atoms with Crippen molar-refractivity contribution in [2.75, 3.05) is 11.9 Å². The van der Waals surface area contributed by atoms with Gasteiger partial charge >= 0.3 is 0 Å². The lowest BCUT2D eigenvalue weighted by molar-refractivity contribution is -0.117. The number of benzene rings is 2. The molecule has 0 radical (unpaired) electrons. The molecule has 0 aromatic heterocycles. The zero-order valence-corrected chi connectivity index (χ0v) is 16.2. The van der Waals surface area contributed by atoms with Crippen molar-refractivity contribution in [2.24, 2.45) is 17.8 Å². The van der Waals surface area contributed by atoms with Gasteiger partial charge in [-0.25, -0.2) is 0 Å². The number of carbonyl (C=O) groups excluding carboxylic acids is 2. The van der Waals surface area contributed by atoms with Crippen molar-refractivity contribution < 1.29 is 9.59 Å². The number of nitrogens with one attached hydrogen (secondary N) is 2. The third kappa shape index (κ3) is 4.44. The van der Waals surface area contributed by atoms with E-state index in [-0.39, 0.29) is 11.8 Å². The van der Waals surface area contributed by atoms with Crippen molar-refractivity contribution in [1.82, 2.24) is 5.32 Å². The average molecular weight is 377 g/mol. The Morgan fingerprint density at radius 3 is 2.46 bits per heavy atom. The Hall–Kier alpha value is -2.62. The molecule has 2 bridgehead atoms. The molecule has 2 fully saturated rings. The van der Waals surface area contributed by atoms with Crippen molar-refractivity contribution in [2.45, 2.75) is 38.5 Å². The predicted octanol–water partition coefficient (Wildman–Crippen LogP) is 4.42. The summed E-state index contributed by atoms with van der Waals surface area (Å²) in [6, 6.07) is 17.3. The quantitative estimate of drug-likeness (QED) is 0.751. The molecule has 2 aromatic rings. The number of carbonyl (C=O) groups is 2. The lowest BCUT2D eigenvalue weighted by Gasteiger charge is -2.21. The summed E-state index contributed by atoms with van der Waals surface area (Å²) < 4.78 is 0. The molecule has 2 aromatic carbocycles. The van der Waals surface area contributed by atoms with Gasteiger partial charge in [-0.05, 0) is 61.1 Å².